The summed E-state index contributed by atoms with van der Waals surface area (Å²) in [5, 5.41) is 18.1. The maximum atomic E-state index is 11.6. The second-order valence-electron chi connectivity index (χ2n) is 3.18. The Labute approximate surface area is 97.9 Å². The molecule has 7 nitrogen and oxygen atoms in total. The van der Waals surface area contributed by atoms with Gasteiger partial charge in [-0.3, -0.25) is 9.55 Å². The average molecular weight is 289 g/mol. The van der Waals surface area contributed by atoms with E-state index in [-0.39, 0.29) is 13.2 Å². The van der Waals surface area contributed by atoms with Crippen LogP contribution in [0.4, 0.5) is 0 Å². The number of hydrogen-bond donors (Lipinski definition) is 3. The van der Waals surface area contributed by atoms with Crippen LogP contribution >= 0.6 is 15.9 Å². The highest BCUT2D eigenvalue weighted by Crippen LogP contribution is 2.13. The molecule has 16 heavy (non-hydrogen) atoms. The SMILES string of the molecule is O=c1[nH]c2ncc(Br)nc2n1C(CO)CO. The van der Waals surface area contributed by atoms with Crippen LogP contribution in [0.15, 0.2) is 15.6 Å². The number of nitrogens with one attached hydrogen (secondary N) is 1. The highest BCUT2D eigenvalue weighted by molar-refractivity contribution is 9.10. The fourth-order valence-electron chi connectivity index (χ4n) is 1.43. The Balaban J connectivity index is 2.71. The fourth-order valence-corrected chi connectivity index (χ4v) is 1.70. The van der Waals surface area contributed by atoms with E-state index < -0.39 is 11.7 Å². The number of aromatic amines is 1. The minimum atomic E-state index is -0.718. The Bertz CT molecular complexity index is 560. The van der Waals surface area contributed by atoms with Crippen molar-refractivity contribution in [3.63, 3.8) is 0 Å². The first-order valence-corrected chi connectivity index (χ1v) is 5.31. The van der Waals surface area contributed by atoms with Crippen LogP contribution in [0.3, 0.4) is 0 Å². The van der Waals surface area contributed by atoms with Crippen molar-refractivity contribution in [2.45, 2.75) is 6.04 Å². The number of nitrogens with zero attached hydrogens (tertiary/aromatic N) is 3. The number of aromatic nitrogens is 4. The van der Waals surface area contributed by atoms with Crippen molar-refractivity contribution in [1.29, 1.82) is 0 Å². The maximum Gasteiger partial charge on any atom is 0.329 e. The molecule has 2 aromatic heterocycles. The Hall–Kier alpha value is -1.25. The van der Waals surface area contributed by atoms with Crippen molar-refractivity contribution in [3.8, 4) is 0 Å². The molecule has 0 aliphatic carbocycles. The highest BCUT2D eigenvalue weighted by Gasteiger charge is 2.17. The summed E-state index contributed by atoms with van der Waals surface area (Å²) in [6.45, 7) is -0.699. The van der Waals surface area contributed by atoms with Crippen LogP contribution < -0.4 is 5.69 Å². The molecule has 0 saturated heterocycles. The van der Waals surface area contributed by atoms with E-state index in [1.165, 1.54) is 10.8 Å². The number of H-pyrrole nitrogens is 1. The third-order valence-corrected chi connectivity index (χ3v) is 2.57. The molecular formula is C8H9BrN4O3. The van der Waals surface area contributed by atoms with Crippen molar-refractivity contribution < 1.29 is 10.2 Å². The Morgan fingerprint density at radius 2 is 2.19 bits per heavy atom. The van der Waals surface area contributed by atoms with Crippen LogP contribution in [0, 0.1) is 0 Å². The molecule has 3 N–H and O–H groups in total. The summed E-state index contributed by atoms with van der Waals surface area (Å²) in [5.41, 5.74) is 0.161. The molecule has 0 atom stereocenters. The highest BCUT2D eigenvalue weighted by atomic mass is 79.9. The summed E-state index contributed by atoms with van der Waals surface area (Å²) in [7, 11) is 0. The van der Waals surface area contributed by atoms with E-state index in [2.05, 4.69) is 30.9 Å². The Kier molecular flexibility index (Phi) is 3.03. The number of fused-ring (bicyclic) bond motifs is 1. The van der Waals surface area contributed by atoms with E-state index >= 15 is 0 Å². The van der Waals surface area contributed by atoms with E-state index in [9.17, 15) is 4.79 Å². The molecule has 0 fully saturated rings. The topological polar surface area (TPSA) is 104 Å². The minimum absolute atomic E-state index is 0.299. The van der Waals surface area contributed by atoms with Gasteiger partial charge in [0.15, 0.2) is 11.3 Å². The zero-order valence-electron chi connectivity index (χ0n) is 8.09. The van der Waals surface area contributed by atoms with Crippen LogP contribution in [-0.4, -0.2) is 42.9 Å². The van der Waals surface area contributed by atoms with Gasteiger partial charge in [-0.2, -0.15) is 0 Å². The van der Waals surface area contributed by atoms with Crippen molar-refractivity contribution in [2.24, 2.45) is 0 Å². The molecule has 2 heterocycles. The van der Waals surface area contributed by atoms with E-state index in [0.29, 0.717) is 15.9 Å². The van der Waals surface area contributed by atoms with Gasteiger partial charge in [0.05, 0.1) is 25.5 Å². The van der Waals surface area contributed by atoms with Crippen LogP contribution in [0.1, 0.15) is 6.04 Å². The lowest BCUT2D eigenvalue weighted by Crippen LogP contribution is -2.27. The lowest BCUT2D eigenvalue weighted by Gasteiger charge is -2.11. The number of rotatable bonds is 3. The van der Waals surface area contributed by atoms with Gasteiger partial charge < -0.3 is 10.2 Å². The molecule has 8 heteroatoms. The molecule has 86 valence electrons. The largest absolute Gasteiger partial charge is 0.394 e. The quantitative estimate of drug-likeness (QED) is 0.700. The predicted octanol–water partition coefficient (Wildman–Crippen LogP) is -0.592. The summed E-state index contributed by atoms with van der Waals surface area (Å²) in [6, 6.07) is -0.718. The first-order chi connectivity index (χ1) is 7.67. The standard InChI is InChI=1S/C8H9BrN4O3/c9-5-1-10-6-7(11-5)13(8(16)12-6)4(2-14)3-15/h1,4,14-15H,2-3H2,(H,10,12,16). The van der Waals surface area contributed by atoms with Crippen molar-refractivity contribution in [2.75, 3.05) is 13.2 Å². The van der Waals surface area contributed by atoms with Gasteiger partial charge in [0.1, 0.15) is 4.60 Å². The molecule has 0 bridgehead atoms. The fraction of sp³-hybridized carbons (Fsp3) is 0.375. The normalized spacial score (nSPS) is 11.5. The molecule has 0 saturated carbocycles. The smallest absolute Gasteiger partial charge is 0.329 e. The molecule has 0 aromatic carbocycles. The molecule has 2 aromatic rings. The zero-order valence-corrected chi connectivity index (χ0v) is 9.68. The molecule has 0 spiro atoms. The van der Waals surface area contributed by atoms with Gasteiger partial charge in [0.2, 0.25) is 0 Å². The number of imidazole rings is 1. The first kappa shape index (κ1) is 11.2. The molecule has 0 amide bonds. The number of halogens is 1. The zero-order chi connectivity index (χ0) is 11.7. The van der Waals surface area contributed by atoms with Gasteiger partial charge >= 0.3 is 5.69 Å². The second-order valence-corrected chi connectivity index (χ2v) is 4.00. The predicted molar refractivity (Wildman–Crippen MR) is 59.1 cm³/mol. The van der Waals surface area contributed by atoms with Gasteiger partial charge in [-0.1, -0.05) is 0 Å². The molecule has 2 rings (SSSR count). The lowest BCUT2D eigenvalue weighted by molar-refractivity contribution is 0.154. The Morgan fingerprint density at radius 3 is 2.81 bits per heavy atom. The van der Waals surface area contributed by atoms with E-state index in [4.69, 9.17) is 10.2 Å². The monoisotopic (exact) mass is 288 g/mol. The third kappa shape index (κ3) is 1.75. The number of aliphatic hydroxyl groups excluding tert-OH is 2. The van der Waals surface area contributed by atoms with Gasteiger partial charge in [0, 0.05) is 0 Å². The molecular weight excluding hydrogens is 280 g/mol. The van der Waals surface area contributed by atoms with Gasteiger partial charge in [-0.15, -0.1) is 0 Å². The Morgan fingerprint density at radius 1 is 1.50 bits per heavy atom. The summed E-state index contributed by atoms with van der Waals surface area (Å²) < 4.78 is 1.66. The van der Waals surface area contributed by atoms with Gasteiger partial charge in [-0.05, 0) is 15.9 Å². The summed E-state index contributed by atoms with van der Waals surface area (Å²) in [5.74, 6) is 0. The minimum Gasteiger partial charge on any atom is -0.394 e. The maximum absolute atomic E-state index is 11.6. The second kappa shape index (κ2) is 4.32. The first-order valence-electron chi connectivity index (χ1n) is 4.52. The van der Waals surface area contributed by atoms with Crippen LogP contribution in [-0.2, 0) is 0 Å². The van der Waals surface area contributed by atoms with Crippen molar-refractivity contribution in [1.82, 2.24) is 19.5 Å². The van der Waals surface area contributed by atoms with Crippen molar-refractivity contribution >= 4 is 27.2 Å². The molecule has 0 aliphatic rings. The van der Waals surface area contributed by atoms with Crippen molar-refractivity contribution in [3.05, 3.63) is 21.3 Å². The number of hydrogen-bond acceptors (Lipinski definition) is 5. The summed E-state index contributed by atoms with van der Waals surface area (Å²) >= 11 is 3.14. The molecule has 0 aliphatic heterocycles. The average Bonchev–Trinajstić information content (AvgIpc) is 2.58. The number of aliphatic hydroxyl groups is 2. The molecule has 0 unspecified atom stereocenters. The van der Waals surface area contributed by atoms with E-state index in [1.807, 2.05) is 0 Å². The van der Waals surface area contributed by atoms with Crippen LogP contribution in [0.5, 0.6) is 0 Å². The van der Waals surface area contributed by atoms with Gasteiger partial charge in [0.25, 0.3) is 0 Å². The van der Waals surface area contributed by atoms with Gasteiger partial charge in [-0.25, -0.2) is 14.8 Å². The summed E-state index contributed by atoms with van der Waals surface area (Å²) in [4.78, 5) is 22.1. The molecule has 0 radical (unpaired) electrons. The van der Waals surface area contributed by atoms with Crippen LogP contribution in [0.25, 0.3) is 11.3 Å². The van der Waals surface area contributed by atoms with Crippen LogP contribution in [0.2, 0.25) is 0 Å². The lowest BCUT2D eigenvalue weighted by atomic mass is 10.3. The van der Waals surface area contributed by atoms with E-state index in [1.54, 1.807) is 0 Å². The van der Waals surface area contributed by atoms with E-state index in [0.717, 1.165) is 0 Å². The summed E-state index contributed by atoms with van der Waals surface area (Å²) in [6.07, 6.45) is 1.45. The third-order valence-electron chi connectivity index (χ3n) is 2.18.